The smallest absolute Gasteiger partial charge is 0.227 e. The normalized spacial score (nSPS) is 14.4. The number of carbonyl (C=O) groups excluding carboxylic acids is 2. The Morgan fingerprint density at radius 1 is 0.906 bits per heavy atom. The lowest BCUT2D eigenvalue weighted by Gasteiger charge is -2.32. The van der Waals surface area contributed by atoms with Crippen molar-refractivity contribution in [1.29, 1.82) is 0 Å². The van der Waals surface area contributed by atoms with Crippen molar-refractivity contribution in [3.8, 4) is 0 Å². The summed E-state index contributed by atoms with van der Waals surface area (Å²) < 4.78 is 0. The second-order valence-corrected chi connectivity index (χ2v) is 8.84. The SMILES string of the molecule is CC(=O)Nc1ccc2nc(N3CCC(C(=O)Nc4cc(C)cc(C)c4)CC3)cc(C)c2c1. The number of hydrogen-bond acceptors (Lipinski definition) is 4. The van der Waals surface area contributed by atoms with Gasteiger partial charge in [-0.15, -0.1) is 0 Å². The second-order valence-electron chi connectivity index (χ2n) is 8.84. The van der Waals surface area contributed by atoms with Gasteiger partial charge in [-0.3, -0.25) is 9.59 Å². The molecule has 1 aromatic heterocycles. The van der Waals surface area contributed by atoms with Crippen molar-refractivity contribution in [1.82, 2.24) is 4.98 Å². The van der Waals surface area contributed by atoms with E-state index in [1.807, 2.05) is 44.2 Å². The van der Waals surface area contributed by atoms with Gasteiger partial charge in [0, 0.05) is 42.7 Å². The molecule has 4 rings (SSSR count). The number of amides is 2. The maximum Gasteiger partial charge on any atom is 0.227 e. The number of aryl methyl sites for hydroxylation is 3. The Kier molecular flexibility index (Phi) is 6.12. The highest BCUT2D eigenvalue weighted by Crippen LogP contribution is 2.28. The maximum atomic E-state index is 12.8. The molecule has 1 aliphatic heterocycles. The lowest BCUT2D eigenvalue weighted by Crippen LogP contribution is -2.38. The largest absolute Gasteiger partial charge is 0.357 e. The van der Waals surface area contributed by atoms with Gasteiger partial charge in [0.05, 0.1) is 5.52 Å². The molecule has 1 aliphatic rings. The molecular formula is C26H30N4O2. The predicted octanol–water partition coefficient (Wildman–Crippen LogP) is 4.97. The fourth-order valence-corrected chi connectivity index (χ4v) is 4.48. The summed E-state index contributed by atoms with van der Waals surface area (Å²) in [5, 5.41) is 6.95. The number of hydrogen-bond donors (Lipinski definition) is 2. The molecule has 2 heterocycles. The highest BCUT2D eigenvalue weighted by atomic mass is 16.2. The number of aromatic nitrogens is 1. The molecule has 166 valence electrons. The molecule has 0 aliphatic carbocycles. The van der Waals surface area contributed by atoms with Gasteiger partial charge in [0.1, 0.15) is 5.82 Å². The van der Waals surface area contributed by atoms with Gasteiger partial charge in [-0.1, -0.05) is 6.07 Å². The lowest BCUT2D eigenvalue weighted by atomic mass is 9.95. The zero-order valence-electron chi connectivity index (χ0n) is 19.2. The molecule has 32 heavy (non-hydrogen) atoms. The van der Waals surface area contributed by atoms with Gasteiger partial charge in [0.15, 0.2) is 0 Å². The first-order chi connectivity index (χ1) is 15.3. The summed E-state index contributed by atoms with van der Waals surface area (Å²) in [6.07, 6.45) is 1.60. The third kappa shape index (κ3) is 4.90. The number of benzene rings is 2. The fourth-order valence-electron chi connectivity index (χ4n) is 4.48. The molecule has 1 fully saturated rings. The van der Waals surface area contributed by atoms with Crippen molar-refractivity contribution >= 4 is 39.9 Å². The Hall–Kier alpha value is -3.41. The first-order valence-electron chi connectivity index (χ1n) is 11.1. The molecule has 0 bridgehead atoms. The van der Waals surface area contributed by atoms with Crippen molar-refractivity contribution < 1.29 is 9.59 Å². The first-order valence-corrected chi connectivity index (χ1v) is 11.1. The van der Waals surface area contributed by atoms with Crippen LogP contribution in [0, 0.1) is 26.7 Å². The van der Waals surface area contributed by atoms with Crippen LogP contribution in [-0.4, -0.2) is 29.9 Å². The predicted molar refractivity (Wildman–Crippen MR) is 130 cm³/mol. The molecule has 6 heteroatoms. The van der Waals surface area contributed by atoms with Gasteiger partial charge in [0.2, 0.25) is 11.8 Å². The summed E-state index contributed by atoms with van der Waals surface area (Å²) in [7, 11) is 0. The van der Waals surface area contributed by atoms with E-state index in [0.717, 1.165) is 70.7 Å². The van der Waals surface area contributed by atoms with E-state index in [4.69, 9.17) is 4.98 Å². The van der Waals surface area contributed by atoms with E-state index >= 15 is 0 Å². The number of nitrogens with zero attached hydrogens (tertiary/aromatic N) is 2. The van der Waals surface area contributed by atoms with Gasteiger partial charge in [-0.2, -0.15) is 0 Å². The van der Waals surface area contributed by atoms with Crippen LogP contribution >= 0.6 is 0 Å². The van der Waals surface area contributed by atoms with E-state index in [-0.39, 0.29) is 17.7 Å². The highest BCUT2D eigenvalue weighted by molar-refractivity contribution is 5.94. The van der Waals surface area contributed by atoms with Gasteiger partial charge in [0.25, 0.3) is 0 Å². The van der Waals surface area contributed by atoms with Crippen LogP contribution in [0.15, 0.2) is 42.5 Å². The van der Waals surface area contributed by atoms with Gasteiger partial charge < -0.3 is 15.5 Å². The monoisotopic (exact) mass is 430 g/mol. The topological polar surface area (TPSA) is 74.3 Å². The fraction of sp³-hybridized carbons (Fsp3) is 0.346. The first kappa shape index (κ1) is 21.8. The number of carbonyl (C=O) groups is 2. The zero-order chi connectivity index (χ0) is 22.8. The standard InChI is InChI=1S/C26H30N4O2/c1-16-11-17(2)13-22(12-16)28-26(32)20-7-9-30(10-8-20)25-14-18(3)23-15-21(27-19(4)31)5-6-24(23)29-25/h5-6,11-15,20H,7-10H2,1-4H3,(H,27,31)(H,28,32). The number of fused-ring (bicyclic) bond motifs is 1. The van der Waals surface area contributed by atoms with Crippen molar-refractivity contribution in [3.05, 3.63) is 59.2 Å². The third-order valence-corrected chi connectivity index (χ3v) is 6.00. The van der Waals surface area contributed by atoms with Crippen LogP contribution in [0.1, 0.15) is 36.5 Å². The number of rotatable bonds is 4. The summed E-state index contributed by atoms with van der Waals surface area (Å²) in [6, 6.07) is 14.0. The minimum Gasteiger partial charge on any atom is -0.357 e. The zero-order valence-corrected chi connectivity index (χ0v) is 19.2. The third-order valence-electron chi connectivity index (χ3n) is 6.00. The summed E-state index contributed by atoms with van der Waals surface area (Å²) in [6.45, 7) is 9.25. The van der Waals surface area contributed by atoms with Crippen LogP contribution in [0.2, 0.25) is 0 Å². The van der Waals surface area contributed by atoms with E-state index in [1.54, 1.807) is 0 Å². The molecule has 0 spiro atoms. The molecule has 0 unspecified atom stereocenters. The summed E-state index contributed by atoms with van der Waals surface area (Å²) in [4.78, 5) is 31.2. The molecule has 2 aromatic carbocycles. The molecule has 0 radical (unpaired) electrons. The minimum absolute atomic E-state index is 0.00818. The maximum absolute atomic E-state index is 12.8. The van der Waals surface area contributed by atoms with Crippen molar-refractivity contribution in [3.63, 3.8) is 0 Å². The molecular weight excluding hydrogens is 400 g/mol. The number of nitrogens with one attached hydrogen (secondary N) is 2. The summed E-state index contributed by atoms with van der Waals surface area (Å²) in [5.74, 6) is 0.961. The van der Waals surface area contributed by atoms with E-state index in [2.05, 4.69) is 34.6 Å². The second kappa shape index (κ2) is 8.99. The number of piperidine rings is 1. The average molecular weight is 431 g/mol. The highest BCUT2D eigenvalue weighted by Gasteiger charge is 2.26. The van der Waals surface area contributed by atoms with Crippen molar-refractivity contribution in [2.24, 2.45) is 5.92 Å². The quantitative estimate of drug-likeness (QED) is 0.613. The van der Waals surface area contributed by atoms with Crippen LogP contribution < -0.4 is 15.5 Å². The average Bonchev–Trinajstić information content (AvgIpc) is 2.73. The van der Waals surface area contributed by atoms with Gasteiger partial charge in [-0.05, 0) is 86.7 Å². The molecule has 0 atom stereocenters. The molecule has 2 N–H and O–H groups in total. The van der Waals surface area contributed by atoms with E-state index in [1.165, 1.54) is 6.92 Å². The minimum atomic E-state index is -0.0870. The Morgan fingerprint density at radius 3 is 2.25 bits per heavy atom. The van der Waals surface area contributed by atoms with Crippen molar-refractivity contribution in [2.75, 3.05) is 28.6 Å². The summed E-state index contributed by atoms with van der Waals surface area (Å²) >= 11 is 0. The van der Waals surface area contributed by atoms with E-state index in [0.29, 0.717) is 0 Å². The van der Waals surface area contributed by atoms with Crippen LogP contribution in [0.3, 0.4) is 0 Å². The molecule has 0 saturated carbocycles. The van der Waals surface area contributed by atoms with Crippen LogP contribution in [0.25, 0.3) is 10.9 Å². The molecule has 1 saturated heterocycles. The molecule has 6 nitrogen and oxygen atoms in total. The van der Waals surface area contributed by atoms with Gasteiger partial charge >= 0.3 is 0 Å². The Morgan fingerprint density at radius 2 is 1.59 bits per heavy atom. The molecule has 3 aromatic rings. The Balaban J connectivity index is 1.43. The van der Waals surface area contributed by atoms with Crippen LogP contribution in [-0.2, 0) is 9.59 Å². The van der Waals surface area contributed by atoms with Gasteiger partial charge in [-0.25, -0.2) is 4.98 Å². The summed E-state index contributed by atoms with van der Waals surface area (Å²) in [5.41, 5.74) is 5.98. The van der Waals surface area contributed by atoms with Crippen molar-refractivity contribution in [2.45, 2.75) is 40.5 Å². The van der Waals surface area contributed by atoms with E-state index in [9.17, 15) is 9.59 Å². The van der Waals surface area contributed by atoms with Crippen LogP contribution in [0.4, 0.5) is 17.2 Å². The Bertz CT molecular complexity index is 1160. The number of pyridine rings is 1. The molecule has 2 amide bonds. The van der Waals surface area contributed by atoms with E-state index < -0.39 is 0 Å². The van der Waals surface area contributed by atoms with Crippen LogP contribution in [0.5, 0.6) is 0 Å². The Labute approximate surface area is 189 Å². The number of anilines is 3. The lowest BCUT2D eigenvalue weighted by molar-refractivity contribution is -0.120.